The van der Waals surface area contributed by atoms with Crippen molar-refractivity contribution in [1.29, 1.82) is 0 Å². The molecule has 5 heterocycles. The van der Waals surface area contributed by atoms with Gasteiger partial charge in [-0.25, -0.2) is 4.98 Å². The van der Waals surface area contributed by atoms with Crippen molar-refractivity contribution in [2.45, 2.75) is 70.1 Å². The molecule has 29 heavy (non-hydrogen) atoms. The number of hydrogen-bond donors (Lipinski definition) is 1. The Kier molecular flexibility index (Phi) is 5.50. The van der Waals surface area contributed by atoms with Gasteiger partial charge in [0.1, 0.15) is 17.6 Å². The lowest BCUT2D eigenvalue weighted by Gasteiger charge is -2.50. The predicted octanol–water partition coefficient (Wildman–Crippen LogP) is 4.00. The number of furan rings is 1. The van der Waals surface area contributed by atoms with Gasteiger partial charge in [-0.3, -0.25) is 9.80 Å². The summed E-state index contributed by atoms with van der Waals surface area (Å²) < 4.78 is 12.1. The summed E-state index contributed by atoms with van der Waals surface area (Å²) in [6.45, 7) is 8.52. The molecule has 0 saturated carbocycles. The van der Waals surface area contributed by atoms with E-state index in [1.165, 1.54) is 30.7 Å². The van der Waals surface area contributed by atoms with Crippen LogP contribution >= 0.6 is 0 Å². The van der Waals surface area contributed by atoms with Crippen LogP contribution in [0.15, 0.2) is 22.9 Å². The molecule has 0 bridgehead atoms. The van der Waals surface area contributed by atoms with E-state index in [1.807, 2.05) is 6.33 Å². The van der Waals surface area contributed by atoms with Crippen LogP contribution in [-0.4, -0.2) is 52.6 Å². The summed E-state index contributed by atoms with van der Waals surface area (Å²) in [5.74, 6) is 2.08. The van der Waals surface area contributed by atoms with Crippen LogP contribution < -0.4 is 0 Å². The fourth-order valence-corrected chi connectivity index (χ4v) is 5.59. The van der Waals surface area contributed by atoms with Gasteiger partial charge in [-0.15, -0.1) is 0 Å². The Morgan fingerprint density at radius 1 is 1.21 bits per heavy atom. The van der Waals surface area contributed by atoms with E-state index in [2.05, 4.69) is 33.8 Å². The molecule has 1 N–H and O–H groups in total. The molecule has 6 nitrogen and oxygen atoms in total. The van der Waals surface area contributed by atoms with Crippen molar-refractivity contribution in [3.05, 3.63) is 41.4 Å². The molecular formula is C23H34N4O2. The highest BCUT2D eigenvalue weighted by atomic mass is 16.5. The van der Waals surface area contributed by atoms with Crippen LogP contribution in [0.2, 0.25) is 0 Å². The molecule has 2 saturated heterocycles. The predicted molar refractivity (Wildman–Crippen MR) is 112 cm³/mol. The Morgan fingerprint density at radius 3 is 2.90 bits per heavy atom. The van der Waals surface area contributed by atoms with Gasteiger partial charge in [0.25, 0.3) is 0 Å². The first-order valence-electron chi connectivity index (χ1n) is 11.5. The second-order valence-electron chi connectivity index (χ2n) is 8.93. The number of rotatable bonds is 5. The minimum absolute atomic E-state index is 0.115. The number of likely N-dealkylation sites (tertiary alicyclic amines) is 1. The van der Waals surface area contributed by atoms with Crippen LogP contribution in [0.5, 0.6) is 0 Å². The number of ether oxygens (including phenoxy) is 1. The number of fused-ring (bicyclic) bond motifs is 2. The molecule has 6 heteroatoms. The van der Waals surface area contributed by atoms with Gasteiger partial charge in [0.2, 0.25) is 0 Å². The first kappa shape index (κ1) is 19.3. The normalized spacial score (nSPS) is 25.3. The van der Waals surface area contributed by atoms with Gasteiger partial charge in [0.15, 0.2) is 0 Å². The average Bonchev–Trinajstić information content (AvgIpc) is 3.43. The summed E-state index contributed by atoms with van der Waals surface area (Å²) >= 11 is 0. The number of nitrogens with one attached hydrogen (secondary N) is 1. The van der Waals surface area contributed by atoms with Crippen LogP contribution in [0.1, 0.15) is 74.5 Å². The maximum atomic E-state index is 6.17. The third-order valence-corrected chi connectivity index (χ3v) is 7.13. The van der Waals surface area contributed by atoms with Crippen molar-refractivity contribution in [2.24, 2.45) is 0 Å². The van der Waals surface area contributed by atoms with Crippen LogP contribution in [-0.2, 0) is 23.2 Å². The lowest BCUT2D eigenvalue weighted by molar-refractivity contribution is -0.00371. The monoisotopic (exact) mass is 398 g/mol. The van der Waals surface area contributed by atoms with Crippen molar-refractivity contribution >= 4 is 0 Å². The van der Waals surface area contributed by atoms with Crippen LogP contribution in [0.4, 0.5) is 0 Å². The highest BCUT2D eigenvalue weighted by Crippen LogP contribution is 2.42. The van der Waals surface area contributed by atoms with Gasteiger partial charge >= 0.3 is 0 Å². The minimum Gasteiger partial charge on any atom is -0.462 e. The topological polar surface area (TPSA) is 57.5 Å². The Labute approximate surface area is 173 Å². The van der Waals surface area contributed by atoms with Crippen LogP contribution in [0.3, 0.4) is 0 Å². The lowest BCUT2D eigenvalue weighted by atomic mass is 9.78. The average molecular weight is 399 g/mol. The van der Waals surface area contributed by atoms with Gasteiger partial charge in [0.05, 0.1) is 24.1 Å². The fourth-order valence-electron chi connectivity index (χ4n) is 5.59. The zero-order valence-electron chi connectivity index (χ0n) is 17.7. The molecule has 1 spiro atoms. The van der Waals surface area contributed by atoms with Crippen LogP contribution in [0.25, 0.3) is 0 Å². The van der Waals surface area contributed by atoms with E-state index >= 15 is 0 Å². The zero-order chi connectivity index (χ0) is 19.7. The zero-order valence-corrected chi connectivity index (χ0v) is 17.7. The molecule has 0 aliphatic carbocycles. The largest absolute Gasteiger partial charge is 0.462 e. The van der Waals surface area contributed by atoms with Gasteiger partial charge in [-0.2, -0.15) is 0 Å². The number of hydrogen-bond acceptors (Lipinski definition) is 5. The maximum Gasteiger partial charge on any atom is 0.133 e. The first-order valence-corrected chi connectivity index (χ1v) is 11.5. The van der Waals surface area contributed by atoms with Gasteiger partial charge in [-0.1, -0.05) is 6.92 Å². The number of H-pyrrole nitrogens is 1. The van der Waals surface area contributed by atoms with Gasteiger partial charge in [-0.05, 0) is 57.2 Å². The molecule has 0 aromatic carbocycles. The summed E-state index contributed by atoms with van der Waals surface area (Å²) in [6, 6.07) is 4.27. The van der Waals surface area contributed by atoms with Crippen molar-refractivity contribution in [2.75, 3.05) is 32.8 Å². The molecule has 2 fully saturated rings. The number of aromatic nitrogens is 2. The number of nitrogens with zero attached hydrogens (tertiary/aromatic N) is 3. The molecule has 0 radical (unpaired) electrons. The smallest absolute Gasteiger partial charge is 0.133 e. The van der Waals surface area contributed by atoms with E-state index in [4.69, 9.17) is 14.1 Å². The molecule has 3 aliphatic rings. The van der Waals surface area contributed by atoms with E-state index in [1.54, 1.807) is 0 Å². The number of imidazole rings is 1. The maximum absolute atomic E-state index is 6.17. The van der Waals surface area contributed by atoms with Crippen molar-refractivity contribution in [3.63, 3.8) is 0 Å². The second-order valence-corrected chi connectivity index (χ2v) is 8.93. The summed E-state index contributed by atoms with van der Waals surface area (Å²) in [5, 5.41) is 0. The summed E-state index contributed by atoms with van der Waals surface area (Å²) in [6.07, 6.45) is 10.1. The Bertz CT molecular complexity index is 799. The molecule has 2 aromatic rings. The van der Waals surface area contributed by atoms with E-state index in [9.17, 15) is 0 Å². The summed E-state index contributed by atoms with van der Waals surface area (Å²) in [5.41, 5.74) is 2.78. The molecule has 0 unspecified atom stereocenters. The van der Waals surface area contributed by atoms with E-state index in [0.29, 0.717) is 0 Å². The van der Waals surface area contributed by atoms with Crippen molar-refractivity contribution in [3.8, 4) is 0 Å². The molecule has 5 rings (SSSR count). The summed E-state index contributed by atoms with van der Waals surface area (Å²) in [4.78, 5) is 13.4. The standard InChI is InChI=1S/C23H34N4O2/c1-2-11-27-12-8-19-22(25-17-24-19)23(27)9-13-26(14-10-23)16-18-6-7-21(29-18)20-5-3-4-15-28-20/h6-7,17,20H,2-5,8-16H2,1H3,(H,24,25)/t20-/m0/s1. The Morgan fingerprint density at radius 2 is 2.10 bits per heavy atom. The molecule has 158 valence electrons. The Hall–Kier alpha value is -1.63. The van der Waals surface area contributed by atoms with E-state index < -0.39 is 0 Å². The van der Waals surface area contributed by atoms with Gasteiger partial charge < -0.3 is 14.1 Å². The second kappa shape index (κ2) is 8.25. The van der Waals surface area contributed by atoms with Gasteiger partial charge in [0, 0.05) is 38.4 Å². The van der Waals surface area contributed by atoms with E-state index in [-0.39, 0.29) is 11.6 Å². The molecule has 2 aromatic heterocycles. The quantitative estimate of drug-likeness (QED) is 0.825. The lowest BCUT2D eigenvalue weighted by Crippen LogP contribution is -2.56. The Balaban J connectivity index is 1.25. The third-order valence-electron chi connectivity index (χ3n) is 7.13. The molecule has 1 atom stereocenters. The van der Waals surface area contributed by atoms with Crippen molar-refractivity contribution < 1.29 is 9.15 Å². The van der Waals surface area contributed by atoms with Crippen LogP contribution in [0, 0.1) is 0 Å². The van der Waals surface area contributed by atoms with Crippen molar-refractivity contribution in [1.82, 2.24) is 19.8 Å². The minimum atomic E-state index is 0.115. The highest BCUT2D eigenvalue weighted by molar-refractivity contribution is 5.27. The third kappa shape index (κ3) is 3.66. The highest BCUT2D eigenvalue weighted by Gasteiger charge is 2.46. The SMILES string of the molecule is CCCN1CCc2[nH]cnc2C12CCN(Cc1ccc([C@@H]3CCCCO3)o1)CC2. The summed E-state index contributed by atoms with van der Waals surface area (Å²) in [7, 11) is 0. The number of aromatic amines is 1. The molecule has 3 aliphatic heterocycles. The first-order chi connectivity index (χ1) is 14.3. The number of piperidine rings is 1. The molecule has 0 amide bonds. The molecular weight excluding hydrogens is 364 g/mol. The van der Waals surface area contributed by atoms with E-state index in [0.717, 1.165) is 76.5 Å². The fraction of sp³-hybridized carbons (Fsp3) is 0.696.